The van der Waals surface area contributed by atoms with Gasteiger partial charge in [-0.25, -0.2) is 4.68 Å². The molecule has 1 saturated carbocycles. The number of nitrogens with zero attached hydrogens (tertiary/aromatic N) is 3. The first-order chi connectivity index (χ1) is 9.54. The van der Waals surface area contributed by atoms with Crippen LogP contribution in [0.25, 0.3) is 0 Å². The van der Waals surface area contributed by atoms with E-state index < -0.39 is 0 Å². The Morgan fingerprint density at radius 1 is 1.50 bits per heavy atom. The Balaban J connectivity index is 2.20. The number of hydrogen-bond donors (Lipinski definition) is 2. The van der Waals surface area contributed by atoms with E-state index >= 15 is 0 Å². The highest BCUT2D eigenvalue weighted by atomic mass is 35.5. The van der Waals surface area contributed by atoms with Crippen LogP contribution < -0.4 is 16.2 Å². The molecule has 0 bridgehead atoms. The zero-order valence-electron chi connectivity index (χ0n) is 11.6. The fourth-order valence-corrected chi connectivity index (χ4v) is 2.92. The van der Waals surface area contributed by atoms with E-state index in [1.54, 1.807) is 6.20 Å². The monoisotopic (exact) mass is 300 g/mol. The van der Waals surface area contributed by atoms with Crippen LogP contribution in [0, 0.1) is 0 Å². The number of aromatic nitrogens is 2. The molecule has 0 atom stereocenters. The van der Waals surface area contributed by atoms with Crippen LogP contribution in [-0.2, 0) is 6.54 Å². The lowest BCUT2D eigenvalue weighted by Gasteiger charge is -2.35. The molecule has 7 heteroatoms. The molecule has 1 aliphatic rings. The summed E-state index contributed by atoms with van der Waals surface area (Å²) in [7, 11) is 1.93. The molecule has 3 N–H and O–H groups in total. The summed E-state index contributed by atoms with van der Waals surface area (Å²) in [5.74, 6) is 0. The fourth-order valence-electron chi connectivity index (χ4n) is 2.64. The van der Waals surface area contributed by atoms with E-state index in [-0.39, 0.29) is 29.8 Å². The Labute approximate surface area is 123 Å². The number of halogens is 1. The van der Waals surface area contributed by atoms with Crippen molar-refractivity contribution in [1.29, 1.82) is 0 Å². The Kier molecular flexibility index (Phi) is 5.01. The van der Waals surface area contributed by atoms with Crippen molar-refractivity contribution in [2.45, 2.75) is 44.3 Å². The van der Waals surface area contributed by atoms with E-state index in [1.165, 1.54) is 4.68 Å². The number of anilines is 1. The van der Waals surface area contributed by atoms with Crippen LogP contribution in [0.4, 0.5) is 5.69 Å². The lowest BCUT2D eigenvalue weighted by molar-refractivity contribution is 0.266. The van der Waals surface area contributed by atoms with Gasteiger partial charge in [0.1, 0.15) is 5.02 Å². The summed E-state index contributed by atoms with van der Waals surface area (Å²) in [6.45, 7) is 0.0137. The predicted molar refractivity (Wildman–Crippen MR) is 79.2 cm³/mol. The number of hydrogen-bond acceptors (Lipinski definition) is 5. The first-order valence-electron chi connectivity index (χ1n) is 6.89. The number of aliphatic hydroxyl groups excluding tert-OH is 1. The Bertz CT molecular complexity index is 512. The van der Waals surface area contributed by atoms with Crippen molar-refractivity contribution in [1.82, 2.24) is 9.78 Å². The van der Waals surface area contributed by atoms with E-state index in [4.69, 9.17) is 22.4 Å². The molecule has 0 unspecified atom stereocenters. The zero-order chi connectivity index (χ0) is 14.7. The van der Waals surface area contributed by atoms with Crippen molar-refractivity contribution in [2.24, 2.45) is 5.73 Å². The van der Waals surface area contributed by atoms with Gasteiger partial charge in [0.05, 0.1) is 25.0 Å². The number of aliphatic hydroxyl groups is 1. The molecule has 1 fully saturated rings. The van der Waals surface area contributed by atoms with Crippen molar-refractivity contribution < 1.29 is 5.11 Å². The standard InChI is InChI=1S/C13H21ClN4O2/c1-17(10-4-2-9(15)3-5-10)11-8-16-18(6-7-19)13(20)12(11)14/h8-10,19H,2-7,15H2,1H3. The molecule has 0 radical (unpaired) electrons. The second-order valence-corrected chi connectivity index (χ2v) is 5.65. The average Bonchev–Trinajstić information content (AvgIpc) is 2.44. The van der Waals surface area contributed by atoms with Crippen LogP contribution in [0.15, 0.2) is 11.0 Å². The molecule has 1 aromatic rings. The number of rotatable bonds is 4. The molecule has 1 heterocycles. The van der Waals surface area contributed by atoms with Crippen LogP contribution in [0.1, 0.15) is 25.7 Å². The van der Waals surface area contributed by atoms with Gasteiger partial charge >= 0.3 is 0 Å². The van der Waals surface area contributed by atoms with Crippen LogP contribution in [0.5, 0.6) is 0 Å². The first kappa shape index (κ1) is 15.3. The summed E-state index contributed by atoms with van der Waals surface area (Å²) in [6, 6.07) is 0.619. The smallest absolute Gasteiger partial charge is 0.287 e. The van der Waals surface area contributed by atoms with Gasteiger partial charge in [-0.1, -0.05) is 11.6 Å². The molecule has 2 rings (SSSR count). The van der Waals surface area contributed by atoms with Gasteiger partial charge in [-0.2, -0.15) is 5.10 Å². The summed E-state index contributed by atoms with van der Waals surface area (Å²) in [6.07, 6.45) is 5.55. The minimum atomic E-state index is -0.363. The first-order valence-corrected chi connectivity index (χ1v) is 7.27. The Morgan fingerprint density at radius 2 is 2.15 bits per heavy atom. The van der Waals surface area contributed by atoms with E-state index in [2.05, 4.69) is 5.10 Å². The lowest BCUT2D eigenvalue weighted by Crippen LogP contribution is -2.40. The maximum Gasteiger partial charge on any atom is 0.287 e. The average molecular weight is 301 g/mol. The highest BCUT2D eigenvalue weighted by Gasteiger charge is 2.24. The highest BCUT2D eigenvalue weighted by molar-refractivity contribution is 6.33. The molecule has 20 heavy (non-hydrogen) atoms. The molecule has 6 nitrogen and oxygen atoms in total. The second-order valence-electron chi connectivity index (χ2n) is 5.28. The van der Waals surface area contributed by atoms with E-state index in [9.17, 15) is 4.79 Å². The summed E-state index contributed by atoms with van der Waals surface area (Å²) in [4.78, 5) is 14.0. The molecule has 0 saturated heterocycles. The third-order valence-corrected chi connectivity index (χ3v) is 4.30. The normalized spacial score (nSPS) is 22.8. The quantitative estimate of drug-likeness (QED) is 0.850. The molecule has 0 amide bonds. The largest absolute Gasteiger partial charge is 0.394 e. The van der Waals surface area contributed by atoms with Crippen molar-refractivity contribution in [3.05, 3.63) is 21.6 Å². The van der Waals surface area contributed by atoms with Crippen LogP contribution in [-0.4, -0.2) is 40.6 Å². The highest BCUT2D eigenvalue weighted by Crippen LogP contribution is 2.28. The Morgan fingerprint density at radius 3 is 2.75 bits per heavy atom. The van der Waals surface area contributed by atoms with Gasteiger partial charge in [-0.15, -0.1) is 0 Å². The van der Waals surface area contributed by atoms with Gasteiger partial charge in [-0.05, 0) is 25.7 Å². The maximum atomic E-state index is 12.0. The number of nitrogens with two attached hydrogens (primary N) is 1. The molecular formula is C13H21ClN4O2. The van der Waals surface area contributed by atoms with Gasteiger partial charge in [0.2, 0.25) is 0 Å². The zero-order valence-corrected chi connectivity index (χ0v) is 12.4. The molecule has 1 aromatic heterocycles. The lowest BCUT2D eigenvalue weighted by atomic mass is 9.91. The minimum Gasteiger partial charge on any atom is -0.394 e. The summed E-state index contributed by atoms with van der Waals surface area (Å²) in [5.41, 5.74) is 6.19. The molecule has 1 aliphatic carbocycles. The van der Waals surface area contributed by atoms with E-state index in [0.717, 1.165) is 25.7 Å². The summed E-state index contributed by atoms with van der Waals surface area (Å²) >= 11 is 6.16. The van der Waals surface area contributed by atoms with Crippen LogP contribution in [0.3, 0.4) is 0 Å². The summed E-state index contributed by atoms with van der Waals surface area (Å²) < 4.78 is 1.18. The van der Waals surface area contributed by atoms with Gasteiger partial charge < -0.3 is 15.7 Å². The van der Waals surface area contributed by atoms with Crippen molar-refractivity contribution in [2.75, 3.05) is 18.6 Å². The van der Waals surface area contributed by atoms with Crippen LogP contribution >= 0.6 is 11.6 Å². The summed E-state index contributed by atoms with van der Waals surface area (Å²) in [5, 5.41) is 13.1. The van der Waals surface area contributed by atoms with E-state index in [1.807, 2.05) is 11.9 Å². The van der Waals surface area contributed by atoms with Gasteiger partial charge in [0.15, 0.2) is 0 Å². The van der Waals surface area contributed by atoms with Gasteiger partial charge in [0.25, 0.3) is 5.56 Å². The van der Waals surface area contributed by atoms with Gasteiger partial charge in [0, 0.05) is 19.1 Å². The Hall–Kier alpha value is -1.11. The van der Waals surface area contributed by atoms with Crippen molar-refractivity contribution in [3.8, 4) is 0 Å². The predicted octanol–water partition coefficient (Wildman–Crippen LogP) is 0.595. The molecule has 0 aromatic carbocycles. The fraction of sp³-hybridized carbons (Fsp3) is 0.692. The van der Waals surface area contributed by atoms with Gasteiger partial charge in [-0.3, -0.25) is 4.79 Å². The maximum absolute atomic E-state index is 12.0. The molecule has 112 valence electrons. The second kappa shape index (κ2) is 6.56. The molecular weight excluding hydrogens is 280 g/mol. The van der Waals surface area contributed by atoms with Crippen molar-refractivity contribution >= 4 is 17.3 Å². The SMILES string of the molecule is CN(c1cnn(CCO)c(=O)c1Cl)C1CCC(N)CC1. The van der Waals surface area contributed by atoms with Crippen LogP contribution in [0.2, 0.25) is 5.02 Å². The van der Waals surface area contributed by atoms with E-state index in [0.29, 0.717) is 11.7 Å². The van der Waals surface area contributed by atoms with Crippen molar-refractivity contribution in [3.63, 3.8) is 0 Å². The third kappa shape index (κ3) is 3.13. The molecule has 0 spiro atoms. The molecule has 0 aliphatic heterocycles. The minimum absolute atomic E-state index is 0.140. The third-order valence-electron chi connectivity index (χ3n) is 3.95. The topological polar surface area (TPSA) is 84.4 Å².